The minimum atomic E-state index is -1.85. The third-order valence-corrected chi connectivity index (χ3v) is 11.4. The molecule has 122 valence electrons. The molecule has 0 aromatic rings. The van der Waals surface area contributed by atoms with Crippen molar-refractivity contribution < 1.29 is 9.22 Å². The molecule has 7 heteroatoms. The van der Waals surface area contributed by atoms with Crippen LogP contribution in [0, 0.1) is 5.92 Å². The van der Waals surface area contributed by atoms with E-state index in [0.717, 1.165) is 9.28 Å². The van der Waals surface area contributed by atoms with Gasteiger partial charge in [-0.15, -0.1) is 11.8 Å². The number of carbonyl (C=O) groups excluding carboxylic acids is 1. The van der Waals surface area contributed by atoms with Gasteiger partial charge in [0.1, 0.15) is 3.53 Å². The predicted molar refractivity (Wildman–Crippen MR) is 101 cm³/mol. The van der Waals surface area contributed by atoms with Gasteiger partial charge in [-0.05, 0) is 30.8 Å². The van der Waals surface area contributed by atoms with E-state index in [1.165, 1.54) is 0 Å². The summed E-state index contributed by atoms with van der Waals surface area (Å²) in [7, 11) is -1.85. The molecule has 21 heavy (non-hydrogen) atoms. The van der Waals surface area contributed by atoms with E-state index >= 15 is 0 Å². The van der Waals surface area contributed by atoms with Gasteiger partial charge in [0.05, 0.1) is 17.4 Å². The lowest BCUT2D eigenvalue weighted by atomic mass is 9.96. The molecule has 0 saturated carbocycles. The van der Waals surface area contributed by atoms with Crippen LogP contribution in [0.1, 0.15) is 34.6 Å². The molecule has 1 N–H and O–H groups in total. The van der Waals surface area contributed by atoms with Crippen LogP contribution in [-0.4, -0.2) is 35.0 Å². The fraction of sp³-hybridized carbons (Fsp3) is 0.857. The summed E-state index contributed by atoms with van der Waals surface area (Å²) in [6, 6.07) is 0. The lowest BCUT2D eigenvalue weighted by Gasteiger charge is -2.45. The minimum absolute atomic E-state index is 0.0591. The fourth-order valence-electron chi connectivity index (χ4n) is 1.90. The molecule has 0 spiro atoms. The third kappa shape index (κ3) is 4.96. The van der Waals surface area contributed by atoms with Gasteiger partial charge in [-0.2, -0.15) is 0 Å². The number of thiocarbonyl (C=S) groups is 1. The van der Waals surface area contributed by atoms with Crippen LogP contribution in [-0.2, 0) is 9.22 Å². The molecular weight excluding hydrogens is 338 g/mol. The topological polar surface area (TPSA) is 38.3 Å². The van der Waals surface area contributed by atoms with Crippen molar-refractivity contribution in [1.29, 1.82) is 0 Å². The van der Waals surface area contributed by atoms with E-state index in [2.05, 4.69) is 46.1 Å². The van der Waals surface area contributed by atoms with Gasteiger partial charge in [-0.3, -0.25) is 4.79 Å². The number of carbonyl (C=O) groups is 1. The molecule has 3 atom stereocenters. The maximum Gasteiger partial charge on any atom is 0.229 e. The summed E-state index contributed by atoms with van der Waals surface area (Å²) in [4.78, 5) is 11.9. The van der Waals surface area contributed by atoms with Crippen LogP contribution in [0.2, 0.25) is 18.1 Å². The van der Waals surface area contributed by atoms with Gasteiger partial charge in [0, 0.05) is 0 Å². The first-order valence-electron chi connectivity index (χ1n) is 7.31. The van der Waals surface area contributed by atoms with Crippen LogP contribution >= 0.6 is 35.7 Å². The predicted octanol–water partition coefficient (Wildman–Crippen LogP) is 4.24. The summed E-state index contributed by atoms with van der Waals surface area (Å²) < 4.78 is 7.26. The average Bonchev–Trinajstić information content (AvgIpc) is 2.25. The van der Waals surface area contributed by atoms with E-state index in [1.807, 2.05) is 6.92 Å². The van der Waals surface area contributed by atoms with Crippen molar-refractivity contribution in [2.75, 3.05) is 5.75 Å². The molecule has 0 aromatic heterocycles. The number of amides is 1. The second kappa shape index (κ2) is 7.34. The maximum atomic E-state index is 11.9. The van der Waals surface area contributed by atoms with E-state index in [9.17, 15) is 4.79 Å². The van der Waals surface area contributed by atoms with E-state index in [4.69, 9.17) is 16.6 Å². The molecular formula is C14H27NO2S3Si. The van der Waals surface area contributed by atoms with Crippen molar-refractivity contribution in [3.05, 3.63) is 0 Å². The highest BCUT2D eigenvalue weighted by molar-refractivity contribution is 8.47. The van der Waals surface area contributed by atoms with Crippen LogP contribution in [0.4, 0.5) is 0 Å². The van der Waals surface area contributed by atoms with Crippen LogP contribution < -0.4 is 5.32 Å². The van der Waals surface area contributed by atoms with Gasteiger partial charge < -0.3 is 9.74 Å². The molecule has 0 radical (unpaired) electrons. The fourth-order valence-corrected chi connectivity index (χ4v) is 6.04. The van der Waals surface area contributed by atoms with E-state index < -0.39 is 8.32 Å². The Morgan fingerprint density at radius 1 is 1.48 bits per heavy atom. The molecule has 0 bridgehead atoms. The SMILES string of the molecule is CCSC(=S)SC1NC(=O)C1[C@@H](C)O[Si](C)(C)C(C)(C)C. The normalized spacial score (nSPS) is 24.2. The molecule has 1 saturated heterocycles. The van der Waals surface area contributed by atoms with E-state index in [1.54, 1.807) is 23.5 Å². The van der Waals surface area contributed by atoms with Gasteiger partial charge in [0.25, 0.3) is 0 Å². The van der Waals surface area contributed by atoms with Crippen LogP contribution in [0.5, 0.6) is 0 Å². The highest BCUT2D eigenvalue weighted by atomic mass is 32.2. The zero-order chi connectivity index (χ0) is 16.4. The molecule has 1 aliphatic heterocycles. The average molecular weight is 366 g/mol. The van der Waals surface area contributed by atoms with Gasteiger partial charge in [0.15, 0.2) is 8.32 Å². The Morgan fingerprint density at radius 3 is 2.48 bits per heavy atom. The largest absolute Gasteiger partial charge is 0.413 e. The van der Waals surface area contributed by atoms with Crippen molar-refractivity contribution in [3.63, 3.8) is 0 Å². The summed E-state index contributed by atoms with van der Waals surface area (Å²) in [5.41, 5.74) is 0. The number of nitrogens with one attached hydrogen (secondary N) is 1. The summed E-state index contributed by atoms with van der Waals surface area (Å²) in [6.07, 6.45) is -0.0634. The van der Waals surface area contributed by atoms with Crippen molar-refractivity contribution in [3.8, 4) is 0 Å². The summed E-state index contributed by atoms with van der Waals surface area (Å²) >= 11 is 8.55. The van der Waals surface area contributed by atoms with Crippen molar-refractivity contribution in [2.45, 2.75) is 64.2 Å². The maximum absolute atomic E-state index is 11.9. The van der Waals surface area contributed by atoms with Gasteiger partial charge in [-0.1, -0.05) is 51.7 Å². The molecule has 0 aromatic carbocycles. The van der Waals surface area contributed by atoms with Crippen LogP contribution in [0.25, 0.3) is 0 Å². The molecule has 1 fully saturated rings. The Bertz CT molecular complexity index is 410. The highest BCUT2D eigenvalue weighted by Crippen LogP contribution is 2.40. The number of thioether (sulfide) groups is 2. The second-order valence-corrected chi connectivity index (χ2v) is 15.2. The Morgan fingerprint density at radius 2 is 2.05 bits per heavy atom. The van der Waals surface area contributed by atoms with Crippen LogP contribution in [0.15, 0.2) is 0 Å². The zero-order valence-electron chi connectivity index (χ0n) is 14.0. The number of rotatable bonds is 5. The number of hydrogen-bond donors (Lipinski definition) is 1. The first-order valence-corrected chi connectivity index (χ1v) is 12.5. The van der Waals surface area contributed by atoms with E-state index in [0.29, 0.717) is 0 Å². The minimum Gasteiger partial charge on any atom is -0.413 e. The first kappa shape index (κ1) is 19.5. The Labute approximate surface area is 143 Å². The number of hydrogen-bond acceptors (Lipinski definition) is 5. The lowest BCUT2D eigenvalue weighted by molar-refractivity contribution is -0.136. The third-order valence-electron chi connectivity index (χ3n) is 4.19. The molecule has 1 heterocycles. The summed E-state index contributed by atoms with van der Waals surface area (Å²) in [5.74, 6) is 0.954. The summed E-state index contributed by atoms with van der Waals surface area (Å²) in [5, 5.41) is 3.16. The standard InChI is InChI=1S/C14H27NO2S3Si/c1-8-19-13(18)20-12-10(11(16)15-12)9(2)17-21(6,7)14(3,4)5/h9-10,12H,8H2,1-7H3,(H,15,16)/t9-,10?,12?/m1/s1. The summed E-state index contributed by atoms with van der Waals surface area (Å²) in [6.45, 7) is 15.2. The highest BCUT2D eigenvalue weighted by Gasteiger charge is 2.48. The molecule has 0 aliphatic carbocycles. The monoisotopic (exact) mass is 365 g/mol. The smallest absolute Gasteiger partial charge is 0.229 e. The van der Waals surface area contributed by atoms with Gasteiger partial charge in [-0.25, -0.2) is 0 Å². The molecule has 2 unspecified atom stereocenters. The quantitative estimate of drug-likeness (QED) is 0.448. The molecule has 1 rings (SSSR count). The number of β-lactam (4-membered cyclic amide) rings is 1. The lowest BCUT2D eigenvalue weighted by Crippen LogP contribution is -2.62. The van der Waals surface area contributed by atoms with Crippen molar-refractivity contribution in [1.82, 2.24) is 5.32 Å². The Kier molecular flexibility index (Phi) is 6.81. The first-order chi connectivity index (χ1) is 9.49. The Hall–Kier alpha value is 0.437. The van der Waals surface area contributed by atoms with Crippen LogP contribution in [0.3, 0.4) is 0 Å². The molecule has 3 nitrogen and oxygen atoms in total. The van der Waals surface area contributed by atoms with Gasteiger partial charge in [0.2, 0.25) is 5.91 Å². The van der Waals surface area contributed by atoms with Gasteiger partial charge >= 0.3 is 0 Å². The second-order valence-electron chi connectivity index (χ2n) is 6.84. The van der Waals surface area contributed by atoms with Crippen molar-refractivity contribution in [2.24, 2.45) is 5.92 Å². The van der Waals surface area contributed by atoms with E-state index in [-0.39, 0.29) is 28.3 Å². The van der Waals surface area contributed by atoms with Crippen molar-refractivity contribution >= 4 is 53.5 Å². The Balaban J connectivity index is 2.65. The molecule has 1 aliphatic rings. The molecule has 1 amide bonds. The zero-order valence-corrected chi connectivity index (χ0v) is 17.4.